The van der Waals surface area contributed by atoms with E-state index in [1.165, 1.54) is 0 Å². The molecule has 0 aliphatic carbocycles. The van der Waals surface area contributed by atoms with E-state index in [0.29, 0.717) is 67.5 Å². The lowest BCUT2D eigenvalue weighted by molar-refractivity contribution is 0.259. The number of benzene rings is 5. The molecule has 0 heterocycles. The first-order chi connectivity index (χ1) is 34.9. The maximum Gasteiger partial charge on any atom is 0.126 e. The molecule has 5 aromatic carbocycles. The Bertz CT molecular complexity index is 2410. The largest absolute Gasteiger partial charge is 0.507 e. The van der Waals surface area contributed by atoms with Gasteiger partial charge in [-0.25, -0.2) is 0 Å². The van der Waals surface area contributed by atoms with Gasteiger partial charge in [-0.1, -0.05) is 101 Å². The summed E-state index contributed by atoms with van der Waals surface area (Å²) in [4.78, 5) is 0. The molecule has 0 spiro atoms. The second-order valence-electron chi connectivity index (χ2n) is 22.0. The van der Waals surface area contributed by atoms with Crippen molar-refractivity contribution in [2.24, 2.45) is 11.3 Å². The highest BCUT2D eigenvalue weighted by molar-refractivity contribution is 5.48. The van der Waals surface area contributed by atoms with E-state index in [0.717, 1.165) is 40.7 Å². The molecule has 0 fully saturated rings. The Morgan fingerprint density at radius 3 is 0.867 bits per heavy atom. The van der Waals surface area contributed by atoms with Crippen LogP contribution in [-0.4, -0.2) is 76.6 Å². The minimum atomic E-state index is -0.224. The number of aryl methyl sites for hydroxylation is 2. The smallest absolute Gasteiger partial charge is 0.126 e. The van der Waals surface area contributed by atoms with Gasteiger partial charge in [-0.15, -0.1) is 0 Å². The van der Waals surface area contributed by atoms with E-state index in [-0.39, 0.29) is 111 Å². The molecule has 5 rings (SSSR count). The number of hydrogen-bond donors (Lipinski definition) is 15. The molecule has 15 heteroatoms. The van der Waals surface area contributed by atoms with Crippen molar-refractivity contribution in [3.05, 3.63) is 144 Å². The molecule has 0 amide bonds. The molecule has 0 radical (unpaired) electrons. The zero-order chi connectivity index (χ0) is 57.8. The maximum atomic E-state index is 9.89. The van der Waals surface area contributed by atoms with Crippen molar-refractivity contribution in [3.63, 3.8) is 0 Å². The average Bonchev–Trinajstić information content (AvgIpc) is 3.36. The first-order valence-corrected chi connectivity index (χ1v) is 25.2. The molecule has 0 saturated carbocycles. The van der Waals surface area contributed by atoms with Crippen molar-refractivity contribution >= 4 is 0 Å². The van der Waals surface area contributed by atoms with Crippen LogP contribution in [0, 0.1) is 18.3 Å². The van der Waals surface area contributed by atoms with E-state index in [9.17, 15) is 35.7 Å². The van der Waals surface area contributed by atoms with Gasteiger partial charge in [0.25, 0.3) is 0 Å². The van der Waals surface area contributed by atoms with Crippen LogP contribution in [0.5, 0.6) is 28.7 Å². The van der Waals surface area contributed by atoms with E-state index in [2.05, 4.69) is 55.4 Å². The SMILES string of the molecule is CC(C)(C)CC(C)(C)c1cc(CO)c(O)c(CO)c1.CC(C)(C)c1cc(CO)c(O)c(CO)c1.CC(C)C(C)c1cc(CO)c(O)c(CO)c1.CCc1cc(CO)c(O)c(CO)c1.Cc1cc(CO)c(O)c(CO)c1. The average molecular weight is 1050 g/mol. The number of rotatable bonds is 15. The topological polar surface area (TPSA) is 303 Å². The molecule has 0 bridgehead atoms. The fourth-order valence-electron chi connectivity index (χ4n) is 8.38. The predicted octanol–water partition coefficient (Wildman–Crippen LogP) is 8.53. The zero-order valence-electron chi connectivity index (χ0n) is 46.6. The maximum absolute atomic E-state index is 9.89. The molecular formula is C60H90O15. The highest BCUT2D eigenvalue weighted by Gasteiger charge is 2.29. The van der Waals surface area contributed by atoms with Crippen LogP contribution in [0.25, 0.3) is 0 Å². The lowest BCUT2D eigenvalue weighted by atomic mass is 9.71. The molecule has 75 heavy (non-hydrogen) atoms. The summed E-state index contributed by atoms with van der Waals surface area (Å²) in [6, 6.07) is 17.7. The molecule has 0 saturated heterocycles. The highest BCUT2D eigenvalue weighted by atomic mass is 16.3. The monoisotopic (exact) mass is 1050 g/mol. The molecular weight excluding hydrogens is 961 g/mol. The molecule has 1 unspecified atom stereocenters. The van der Waals surface area contributed by atoms with E-state index >= 15 is 0 Å². The Morgan fingerprint density at radius 2 is 0.627 bits per heavy atom. The number of hydrogen-bond acceptors (Lipinski definition) is 15. The Balaban J connectivity index is 0.000000473. The van der Waals surface area contributed by atoms with Gasteiger partial charge >= 0.3 is 0 Å². The Labute approximate surface area is 445 Å². The van der Waals surface area contributed by atoms with E-state index in [4.69, 9.17) is 40.9 Å². The lowest BCUT2D eigenvalue weighted by Crippen LogP contribution is -2.25. The second kappa shape index (κ2) is 31.1. The van der Waals surface area contributed by atoms with Crippen molar-refractivity contribution in [1.82, 2.24) is 0 Å². The first kappa shape index (κ1) is 67.7. The van der Waals surface area contributed by atoms with Crippen molar-refractivity contribution in [2.45, 2.75) is 186 Å². The highest BCUT2D eigenvalue weighted by Crippen LogP contribution is 2.39. The van der Waals surface area contributed by atoms with Crippen LogP contribution in [0.3, 0.4) is 0 Å². The van der Waals surface area contributed by atoms with Crippen LogP contribution < -0.4 is 0 Å². The predicted molar refractivity (Wildman–Crippen MR) is 293 cm³/mol. The molecule has 0 aromatic heterocycles. The Kier molecular flexibility index (Phi) is 28.0. The molecule has 15 N–H and O–H groups in total. The normalized spacial score (nSPS) is 11.8. The summed E-state index contributed by atoms with van der Waals surface area (Å²) in [6.45, 7) is 25.0. The molecule has 5 aromatic rings. The summed E-state index contributed by atoms with van der Waals surface area (Å²) in [5, 5.41) is 139. The summed E-state index contributed by atoms with van der Waals surface area (Å²) < 4.78 is 0. The van der Waals surface area contributed by atoms with Gasteiger partial charge in [-0.3, -0.25) is 0 Å². The minimum Gasteiger partial charge on any atom is -0.507 e. The van der Waals surface area contributed by atoms with Gasteiger partial charge in [-0.2, -0.15) is 0 Å². The Hall–Kier alpha value is -5.30. The first-order valence-electron chi connectivity index (χ1n) is 25.2. The summed E-state index contributed by atoms with van der Waals surface area (Å²) in [6.07, 6.45) is 1.79. The van der Waals surface area contributed by atoms with Crippen LogP contribution in [0.4, 0.5) is 0 Å². The lowest BCUT2D eigenvalue weighted by Gasteiger charge is -2.33. The van der Waals surface area contributed by atoms with Crippen LogP contribution >= 0.6 is 0 Å². The summed E-state index contributed by atoms with van der Waals surface area (Å²) in [5.74, 6) is 0.796. The van der Waals surface area contributed by atoms with Gasteiger partial charge in [0.05, 0.1) is 66.1 Å². The fraction of sp³-hybridized carbons (Fsp3) is 0.500. The van der Waals surface area contributed by atoms with Gasteiger partial charge in [0.2, 0.25) is 0 Å². The van der Waals surface area contributed by atoms with E-state index in [1.807, 2.05) is 46.8 Å². The fourth-order valence-corrected chi connectivity index (χ4v) is 8.38. The van der Waals surface area contributed by atoms with Crippen molar-refractivity contribution in [1.29, 1.82) is 0 Å². The van der Waals surface area contributed by atoms with Crippen LogP contribution in [-0.2, 0) is 83.3 Å². The summed E-state index contributed by atoms with van der Waals surface area (Å²) in [7, 11) is 0. The molecule has 15 nitrogen and oxygen atoms in total. The summed E-state index contributed by atoms with van der Waals surface area (Å²) >= 11 is 0. The van der Waals surface area contributed by atoms with Crippen molar-refractivity contribution in [2.75, 3.05) is 0 Å². The van der Waals surface area contributed by atoms with Crippen molar-refractivity contribution in [3.8, 4) is 28.7 Å². The van der Waals surface area contributed by atoms with Gasteiger partial charge in [-0.05, 0) is 119 Å². The van der Waals surface area contributed by atoms with E-state index < -0.39 is 0 Å². The van der Waals surface area contributed by atoms with Crippen molar-refractivity contribution < 1.29 is 76.6 Å². The van der Waals surface area contributed by atoms with E-state index in [1.54, 1.807) is 48.5 Å². The molecule has 0 aliphatic heterocycles. The van der Waals surface area contributed by atoms with Crippen LogP contribution in [0.15, 0.2) is 60.7 Å². The van der Waals surface area contributed by atoms with Crippen LogP contribution in [0.2, 0.25) is 0 Å². The quantitative estimate of drug-likeness (QED) is 0.0467. The van der Waals surface area contributed by atoms with Gasteiger partial charge in [0.1, 0.15) is 28.7 Å². The van der Waals surface area contributed by atoms with Gasteiger partial charge < -0.3 is 76.6 Å². The standard InChI is InChI=1S/C16H26O3.C13H20O3.C12H18O3.C10H14O3.C9H12O3/c1-15(2,3)10-16(4,5)13-6-11(8-17)14(19)12(7-13)9-18;1-8(2)9(3)10-4-11(6-14)13(16)12(5-10)7-15;1-12(2,3)10-4-8(6-13)11(15)9(5-10)7-14;1-2-7-3-8(5-11)10(13)9(4-7)6-12;1-6-2-7(4-10)9(12)8(3-6)5-11/h6-7,17-19H,8-10H2,1-5H3;4-5,8-9,14-16H,6-7H2,1-3H3;4-5,13-15H,6-7H2,1-3H3;3-4,11-13H,2,5-6H2,1H3;2-3,10-12H,4-5H2,1H3. The molecule has 420 valence electrons. The molecule has 0 aliphatic rings. The summed E-state index contributed by atoms with van der Waals surface area (Å²) in [5.41, 5.74) is 9.73. The Morgan fingerprint density at radius 1 is 0.373 bits per heavy atom. The second-order valence-corrected chi connectivity index (χ2v) is 22.0. The third-order valence-electron chi connectivity index (χ3n) is 12.8. The third kappa shape index (κ3) is 20.3. The van der Waals surface area contributed by atoms with Crippen LogP contribution in [0.1, 0.15) is 179 Å². The molecule has 1 atom stereocenters. The zero-order valence-corrected chi connectivity index (χ0v) is 46.6. The van der Waals surface area contributed by atoms with Gasteiger partial charge in [0.15, 0.2) is 0 Å². The minimum absolute atomic E-state index is 0.000286. The van der Waals surface area contributed by atoms with Gasteiger partial charge in [0, 0.05) is 55.6 Å². The number of aliphatic hydroxyl groups excluding tert-OH is 10. The number of phenols is 5. The third-order valence-corrected chi connectivity index (χ3v) is 12.8. The number of aliphatic hydroxyl groups is 10. The number of aromatic hydroxyl groups is 5.